The Kier molecular flexibility index (Phi) is 7.39. The summed E-state index contributed by atoms with van der Waals surface area (Å²) in [4.78, 5) is 12.8. The number of carbonyl (C=O) groups excluding carboxylic acids is 1. The van der Waals surface area contributed by atoms with Gasteiger partial charge in [-0.05, 0) is 25.0 Å². The van der Waals surface area contributed by atoms with Crippen molar-refractivity contribution in [1.82, 2.24) is 4.90 Å². The van der Waals surface area contributed by atoms with Gasteiger partial charge < -0.3 is 9.64 Å². The Balaban J connectivity index is 2.75. The van der Waals surface area contributed by atoms with Crippen LogP contribution in [0.3, 0.4) is 0 Å². The average molecular weight is 331 g/mol. The number of carbonyl (C=O) groups is 1. The minimum absolute atomic E-state index is 0.00955. The predicted octanol–water partition coefficient (Wildman–Crippen LogP) is 4.35. The number of hydrogen-bond donors (Lipinski definition) is 0. The van der Waals surface area contributed by atoms with Gasteiger partial charge in [0.1, 0.15) is 0 Å². The van der Waals surface area contributed by atoms with Crippen molar-refractivity contribution < 1.29 is 22.7 Å². The molecule has 23 heavy (non-hydrogen) atoms. The summed E-state index contributed by atoms with van der Waals surface area (Å²) < 4.78 is 47.9. The number of halogens is 3. The van der Waals surface area contributed by atoms with Crippen molar-refractivity contribution in [2.75, 3.05) is 20.7 Å². The highest BCUT2D eigenvalue weighted by Crippen LogP contribution is 2.37. The predicted molar refractivity (Wildman–Crippen MR) is 83.2 cm³/mol. The monoisotopic (exact) mass is 331 g/mol. The zero-order valence-electron chi connectivity index (χ0n) is 13.9. The first-order valence-corrected chi connectivity index (χ1v) is 7.79. The Morgan fingerprint density at radius 3 is 2.57 bits per heavy atom. The fourth-order valence-corrected chi connectivity index (χ4v) is 2.05. The second kappa shape index (κ2) is 8.79. The lowest BCUT2D eigenvalue weighted by Crippen LogP contribution is -2.22. The van der Waals surface area contributed by atoms with E-state index in [1.54, 1.807) is 14.1 Å². The van der Waals surface area contributed by atoms with Gasteiger partial charge in [0.2, 0.25) is 5.91 Å². The van der Waals surface area contributed by atoms with Crippen LogP contribution in [0.4, 0.5) is 13.2 Å². The van der Waals surface area contributed by atoms with Crippen LogP contribution in [-0.4, -0.2) is 31.5 Å². The van der Waals surface area contributed by atoms with Gasteiger partial charge in [-0.2, -0.15) is 0 Å². The molecule has 0 N–H and O–H groups in total. The van der Waals surface area contributed by atoms with Crippen LogP contribution in [0.15, 0.2) is 18.2 Å². The molecule has 1 amide bonds. The number of unbranched alkanes of at least 4 members (excludes halogenated alkanes) is 1. The summed E-state index contributed by atoms with van der Waals surface area (Å²) in [5.41, 5.74) is -0.677. The van der Waals surface area contributed by atoms with Crippen LogP contribution >= 0.6 is 0 Å². The van der Waals surface area contributed by atoms with Crippen LogP contribution in [0.25, 0.3) is 0 Å². The van der Waals surface area contributed by atoms with Gasteiger partial charge in [0.05, 0.1) is 12.2 Å². The first kappa shape index (κ1) is 19.3. The molecule has 0 saturated carbocycles. The molecule has 0 aliphatic carbocycles. The van der Waals surface area contributed by atoms with Crippen LogP contribution in [0.5, 0.6) is 5.75 Å². The molecule has 1 aromatic carbocycles. The molecule has 0 aliphatic rings. The Morgan fingerprint density at radius 1 is 1.26 bits per heavy atom. The third kappa shape index (κ3) is 5.77. The SMILES string of the molecule is CCCCOc1cccc(C(F)(F)CCCC(=O)N(C)C)c1F. The van der Waals surface area contributed by atoms with E-state index in [9.17, 15) is 18.0 Å². The molecule has 0 saturated heterocycles. The van der Waals surface area contributed by atoms with E-state index in [4.69, 9.17) is 4.74 Å². The van der Waals surface area contributed by atoms with Gasteiger partial charge in [-0.25, -0.2) is 13.2 Å². The lowest BCUT2D eigenvalue weighted by molar-refractivity contribution is -0.129. The minimum atomic E-state index is -3.33. The van der Waals surface area contributed by atoms with E-state index in [0.717, 1.165) is 18.9 Å². The minimum Gasteiger partial charge on any atom is -0.491 e. The maximum atomic E-state index is 14.2. The standard InChI is InChI=1S/C17H24F3NO2/c1-4-5-12-23-14-9-6-8-13(16(14)18)17(19,20)11-7-10-15(22)21(2)3/h6,8-9H,4-5,7,10-12H2,1-3H3. The fraction of sp³-hybridized carbons (Fsp3) is 0.588. The first-order chi connectivity index (χ1) is 10.8. The average Bonchev–Trinajstić information content (AvgIpc) is 2.48. The molecule has 0 unspecified atom stereocenters. The van der Waals surface area contributed by atoms with Crippen LogP contribution in [0.1, 0.15) is 44.6 Å². The van der Waals surface area contributed by atoms with Crippen LogP contribution in [0, 0.1) is 5.82 Å². The highest BCUT2D eigenvalue weighted by Gasteiger charge is 2.35. The van der Waals surface area contributed by atoms with Gasteiger partial charge in [-0.1, -0.05) is 19.4 Å². The van der Waals surface area contributed by atoms with Gasteiger partial charge in [-0.15, -0.1) is 0 Å². The third-order valence-electron chi connectivity index (χ3n) is 3.49. The van der Waals surface area contributed by atoms with Gasteiger partial charge in [0.15, 0.2) is 11.6 Å². The van der Waals surface area contributed by atoms with Crippen molar-refractivity contribution in [3.63, 3.8) is 0 Å². The maximum Gasteiger partial charge on any atom is 0.276 e. The van der Waals surface area contributed by atoms with Gasteiger partial charge in [-0.3, -0.25) is 4.79 Å². The molecule has 0 heterocycles. The Morgan fingerprint density at radius 2 is 1.96 bits per heavy atom. The van der Waals surface area contributed by atoms with Crippen molar-refractivity contribution >= 4 is 5.91 Å². The summed E-state index contributed by atoms with van der Waals surface area (Å²) >= 11 is 0. The highest BCUT2D eigenvalue weighted by atomic mass is 19.3. The lowest BCUT2D eigenvalue weighted by Gasteiger charge is -2.19. The molecule has 0 atom stereocenters. The third-order valence-corrected chi connectivity index (χ3v) is 3.49. The molecular weight excluding hydrogens is 307 g/mol. The Labute approximate surface area is 135 Å². The molecule has 0 spiro atoms. The van der Waals surface area contributed by atoms with Crippen molar-refractivity contribution in [3.05, 3.63) is 29.6 Å². The smallest absolute Gasteiger partial charge is 0.276 e. The molecule has 6 heteroatoms. The maximum absolute atomic E-state index is 14.2. The fourth-order valence-electron chi connectivity index (χ4n) is 2.05. The van der Waals surface area contributed by atoms with E-state index in [1.807, 2.05) is 6.92 Å². The number of hydrogen-bond acceptors (Lipinski definition) is 2. The molecule has 1 aromatic rings. The van der Waals surface area contributed by atoms with Gasteiger partial charge >= 0.3 is 0 Å². The quantitative estimate of drug-likeness (QED) is 0.630. The summed E-state index contributed by atoms with van der Waals surface area (Å²) in [6, 6.07) is 3.77. The number of alkyl halides is 2. The molecule has 0 radical (unpaired) electrons. The summed E-state index contributed by atoms with van der Waals surface area (Å²) in [5, 5.41) is 0. The van der Waals surface area contributed by atoms with Crippen molar-refractivity contribution in [3.8, 4) is 5.75 Å². The Hall–Kier alpha value is -1.72. The molecule has 130 valence electrons. The second-order valence-corrected chi connectivity index (χ2v) is 5.67. The molecule has 0 bridgehead atoms. The zero-order chi connectivity index (χ0) is 17.5. The van der Waals surface area contributed by atoms with Gasteiger partial charge in [0, 0.05) is 26.9 Å². The molecule has 0 fully saturated rings. The molecular formula is C17H24F3NO2. The van der Waals surface area contributed by atoms with Crippen LogP contribution in [0.2, 0.25) is 0 Å². The molecule has 3 nitrogen and oxygen atoms in total. The van der Waals surface area contributed by atoms with Crippen molar-refractivity contribution in [2.45, 2.75) is 45.0 Å². The molecule has 0 aromatic heterocycles. The largest absolute Gasteiger partial charge is 0.491 e. The number of benzene rings is 1. The van der Waals surface area contributed by atoms with E-state index in [-0.39, 0.29) is 24.5 Å². The topological polar surface area (TPSA) is 29.5 Å². The van der Waals surface area contributed by atoms with E-state index < -0.39 is 23.7 Å². The summed E-state index contributed by atoms with van der Waals surface area (Å²) in [6.45, 7) is 2.25. The van der Waals surface area contributed by atoms with Crippen LogP contribution < -0.4 is 4.74 Å². The number of amides is 1. The van der Waals surface area contributed by atoms with Gasteiger partial charge in [0.25, 0.3) is 5.92 Å². The highest BCUT2D eigenvalue weighted by molar-refractivity contribution is 5.75. The second-order valence-electron chi connectivity index (χ2n) is 5.67. The van der Waals surface area contributed by atoms with E-state index >= 15 is 0 Å². The molecule has 1 rings (SSSR count). The first-order valence-electron chi connectivity index (χ1n) is 7.79. The lowest BCUT2D eigenvalue weighted by atomic mass is 10.0. The number of rotatable bonds is 9. The van der Waals surface area contributed by atoms with E-state index in [2.05, 4.69) is 0 Å². The summed E-state index contributed by atoms with van der Waals surface area (Å²) in [5.74, 6) is -4.73. The van der Waals surface area contributed by atoms with E-state index in [1.165, 1.54) is 17.0 Å². The number of ether oxygens (including phenoxy) is 1. The number of nitrogens with zero attached hydrogens (tertiary/aromatic N) is 1. The van der Waals surface area contributed by atoms with Crippen LogP contribution in [-0.2, 0) is 10.7 Å². The summed E-state index contributed by atoms with van der Waals surface area (Å²) in [6.07, 6.45) is 1.02. The Bertz CT molecular complexity index is 519. The van der Waals surface area contributed by atoms with Crippen molar-refractivity contribution in [2.24, 2.45) is 0 Å². The van der Waals surface area contributed by atoms with E-state index in [0.29, 0.717) is 6.61 Å². The zero-order valence-corrected chi connectivity index (χ0v) is 13.9. The summed E-state index contributed by atoms with van der Waals surface area (Å²) in [7, 11) is 3.13. The molecule has 0 aliphatic heterocycles. The normalized spacial score (nSPS) is 11.4. The van der Waals surface area contributed by atoms with Crippen molar-refractivity contribution in [1.29, 1.82) is 0 Å².